The number of esters is 1. The third-order valence-electron chi connectivity index (χ3n) is 1.96. The first kappa shape index (κ1) is 13.9. The molecule has 0 saturated heterocycles. The zero-order valence-corrected chi connectivity index (χ0v) is 10.7. The lowest BCUT2D eigenvalue weighted by Gasteiger charge is -2.13. The third kappa shape index (κ3) is 4.04. The molecule has 0 N–H and O–H groups in total. The molecule has 1 aromatic rings. The highest BCUT2D eigenvalue weighted by Crippen LogP contribution is 2.20. The number of rotatable bonds is 6. The summed E-state index contributed by atoms with van der Waals surface area (Å²) in [6.07, 6.45) is 0.108. The van der Waals surface area contributed by atoms with Gasteiger partial charge in [-0.2, -0.15) is 10.5 Å². The van der Waals surface area contributed by atoms with Crippen molar-refractivity contribution < 1.29 is 9.53 Å². The summed E-state index contributed by atoms with van der Waals surface area (Å²) in [7, 11) is 0. The minimum Gasteiger partial charge on any atom is -0.466 e. The summed E-state index contributed by atoms with van der Waals surface area (Å²) in [6, 6.07) is 3.94. The maximum atomic E-state index is 11.3. The molecule has 0 aliphatic rings. The highest BCUT2D eigenvalue weighted by Gasteiger charge is 2.13. The minimum absolute atomic E-state index is 0.0971. The first-order valence-electron chi connectivity index (χ1n) is 5.30. The van der Waals surface area contributed by atoms with Crippen LogP contribution in [0, 0.1) is 22.7 Å². The summed E-state index contributed by atoms with van der Waals surface area (Å²) in [5.74, 6) is -0.332. The average Bonchev–Trinajstić information content (AvgIpc) is 2.77. The van der Waals surface area contributed by atoms with Gasteiger partial charge in [-0.15, -0.1) is 11.3 Å². The Balaban J connectivity index is 2.69. The number of carbonyl (C=O) groups excluding carboxylic acids is 1. The van der Waals surface area contributed by atoms with Crippen molar-refractivity contribution in [3.8, 4) is 12.1 Å². The van der Waals surface area contributed by atoms with E-state index in [0.717, 1.165) is 0 Å². The number of ether oxygens (including phenoxy) is 1. The SMILES string of the molecule is CCOC(=O)Cc1csc(N(CC#N)CC#N)n1. The molecule has 0 atom stereocenters. The van der Waals surface area contributed by atoms with Crippen molar-refractivity contribution in [1.82, 2.24) is 4.98 Å². The van der Waals surface area contributed by atoms with Gasteiger partial charge >= 0.3 is 5.97 Å². The molecule has 0 unspecified atom stereocenters. The van der Waals surface area contributed by atoms with Gasteiger partial charge in [-0.05, 0) is 6.92 Å². The van der Waals surface area contributed by atoms with Crippen molar-refractivity contribution in [2.45, 2.75) is 13.3 Å². The van der Waals surface area contributed by atoms with Crippen LogP contribution in [0.3, 0.4) is 0 Å². The number of aromatic nitrogens is 1. The number of hydrogen-bond donors (Lipinski definition) is 0. The van der Waals surface area contributed by atoms with Crippen molar-refractivity contribution in [3.05, 3.63) is 11.1 Å². The van der Waals surface area contributed by atoms with E-state index in [1.807, 2.05) is 12.1 Å². The van der Waals surface area contributed by atoms with Crippen molar-refractivity contribution in [3.63, 3.8) is 0 Å². The van der Waals surface area contributed by atoms with Crippen LogP contribution in [0.25, 0.3) is 0 Å². The summed E-state index contributed by atoms with van der Waals surface area (Å²) in [6.45, 7) is 2.27. The van der Waals surface area contributed by atoms with Crippen molar-refractivity contribution in [2.75, 3.05) is 24.6 Å². The predicted molar refractivity (Wildman–Crippen MR) is 65.9 cm³/mol. The molecular formula is C11H12N4O2S. The Morgan fingerprint density at radius 2 is 2.17 bits per heavy atom. The van der Waals surface area contributed by atoms with Crippen LogP contribution in [0.1, 0.15) is 12.6 Å². The van der Waals surface area contributed by atoms with E-state index in [1.165, 1.54) is 11.3 Å². The van der Waals surface area contributed by atoms with Gasteiger partial charge in [-0.25, -0.2) is 4.98 Å². The van der Waals surface area contributed by atoms with E-state index in [9.17, 15) is 4.79 Å². The molecule has 1 aromatic heterocycles. The first-order chi connectivity index (χ1) is 8.71. The Labute approximate surface area is 109 Å². The normalized spacial score (nSPS) is 9.28. The largest absolute Gasteiger partial charge is 0.466 e. The summed E-state index contributed by atoms with van der Waals surface area (Å²) < 4.78 is 4.82. The van der Waals surface area contributed by atoms with Crippen LogP contribution >= 0.6 is 11.3 Å². The van der Waals surface area contributed by atoms with Gasteiger partial charge < -0.3 is 9.64 Å². The van der Waals surface area contributed by atoms with Gasteiger partial charge in [0.25, 0.3) is 0 Å². The minimum atomic E-state index is -0.332. The number of anilines is 1. The van der Waals surface area contributed by atoms with Gasteiger partial charge in [-0.3, -0.25) is 4.79 Å². The van der Waals surface area contributed by atoms with E-state index in [0.29, 0.717) is 17.4 Å². The molecule has 0 amide bonds. The zero-order valence-electron chi connectivity index (χ0n) is 9.92. The molecule has 94 valence electrons. The lowest BCUT2D eigenvalue weighted by atomic mass is 10.3. The maximum absolute atomic E-state index is 11.3. The molecule has 0 radical (unpaired) electrons. The highest BCUT2D eigenvalue weighted by molar-refractivity contribution is 7.13. The summed E-state index contributed by atoms with van der Waals surface area (Å²) in [5, 5.41) is 19.6. The third-order valence-corrected chi connectivity index (χ3v) is 2.91. The smallest absolute Gasteiger partial charge is 0.311 e. The Kier molecular flexibility index (Phi) is 5.62. The molecule has 0 aromatic carbocycles. The predicted octanol–water partition coefficient (Wildman–Crippen LogP) is 1.10. The lowest BCUT2D eigenvalue weighted by Crippen LogP contribution is -2.23. The van der Waals surface area contributed by atoms with Crippen molar-refractivity contribution in [2.24, 2.45) is 0 Å². The maximum Gasteiger partial charge on any atom is 0.311 e. The summed E-state index contributed by atoms with van der Waals surface area (Å²) in [4.78, 5) is 17.0. The Hall–Kier alpha value is -2.12. The number of nitrogens with zero attached hydrogens (tertiary/aromatic N) is 4. The lowest BCUT2D eigenvalue weighted by molar-refractivity contribution is -0.142. The zero-order chi connectivity index (χ0) is 13.4. The monoisotopic (exact) mass is 264 g/mol. The van der Waals surface area contributed by atoms with Crippen LogP contribution in [0.4, 0.5) is 5.13 Å². The Morgan fingerprint density at radius 3 is 2.72 bits per heavy atom. The van der Waals surface area contributed by atoms with Crippen LogP contribution in [-0.4, -0.2) is 30.6 Å². The van der Waals surface area contributed by atoms with Crippen LogP contribution < -0.4 is 4.90 Å². The molecular weight excluding hydrogens is 252 g/mol. The number of hydrogen-bond acceptors (Lipinski definition) is 7. The summed E-state index contributed by atoms with van der Waals surface area (Å²) in [5.41, 5.74) is 0.592. The molecule has 0 bridgehead atoms. The van der Waals surface area contributed by atoms with Gasteiger partial charge in [-0.1, -0.05) is 0 Å². The fourth-order valence-corrected chi connectivity index (χ4v) is 2.07. The van der Waals surface area contributed by atoms with Gasteiger partial charge in [0.2, 0.25) is 0 Å². The molecule has 1 heterocycles. The molecule has 18 heavy (non-hydrogen) atoms. The molecule has 7 heteroatoms. The van der Waals surface area contributed by atoms with Gasteiger partial charge in [0.1, 0.15) is 13.1 Å². The molecule has 0 fully saturated rings. The second-order valence-corrected chi connectivity index (χ2v) is 4.11. The van der Waals surface area contributed by atoms with E-state index in [1.54, 1.807) is 17.2 Å². The fraction of sp³-hybridized carbons (Fsp3) is 0.455. The van der Waals surface area contributed by atoms with E-state index in [2.05, 4.69) is 4.98 Å². The standard InChI is InChI=1S/C11H12N4O2S/c1-2-17-10(16)7-9-8-18-11(14-9)15(5-3-12)6-4-13/h8H,2,5-7H2,1H3. The highest BCUT2D eigenvalue weighted by atomic mass is 32.1. The van der Waals surface area contributed by atoms with E-state index in [-0.39, 0.29) is 25.5 Å². The van der Waals surface area contributed by atoms with Gasteiger partial charge in [0, 0.05) is 5.38 Å². The van der Waals surface area contributed by atoms with Crippen molar-refractivity contribution in [1.29, 1.82) is 10.5 Å². The quantitative estimate of drug-likeness (QED) is 0.564. The van der Waals surface area contributed by atoms with Crippen LogP contribution in [-0.2, 0) is 16.0 Å². The second-order valence-electron chi connectivity index (χ2n) is 3.28. The number of carbonyl (C=O) groups is 1. The van der Waals surface area contributed by atoms with Crippen molar-refractivity contribution >= 4 is 22.4 Å². The topological polar surface area (TPSA) is 90.0 Å². The van der Waals surface area contributed by atoms with Crippen LogP contribution in [0.5, 0.6) is 0 Å². The summed E-state index contributed by atoms with van der Waals surface area (Å²) >= 11 is 1.30. The Bertz CT molecular complexity index is 470. The Morgan fingerprint density at radius 1 is 1.50 bits per heavy atom. The van der Waals surface area contributed by atoms with E-state index in [4.69, 9.17) is 15.3 Å². The molecule has 0 aliphatic carbocycles. The molecule has 0 saturated carbocycles. The first-order valence-corrected chi connectivity index (χ1v) is 6.18. The van der Waals surface area contributed by atoms with Crippen LogP contribution in [0.2, 0.25) is 0 Å². The molecule has 6 nitrogen and oxygen atoms in total. The van der Waals surface area contributed by atoms with Gasteiger partial charge in [0.15, 0.2) is 5.13 Å². The number of thiazole rings is 1. The second kappa shape index (κ2) is 7.25. The van der Waals surface area contributed by atoms with E-state index < -0.39 is 0 Å². The number of nitriles is 2. The average molecular weight is 264 g/mol. The fourth-order valence-electron chi connectivity index (χ4n) is 1.24. The van der Waals surface area contributed by atoms with E-state index >= 15 is 0 Å². The van der Waals surface area contributed by atoms with Crippen LogP contribution in [0.15, 0.2) is 5.38 Å². The molecule has 0 spiro atoms. The molecule has 1 rings (SSSR count). The molecule has 0 aliphatic heterocycles. The van der Waals surface area contributed by atoms with Gasteiger partial charge in [0.05, 0.1) is 30.9 Å².